The predicted molar refractivity (Wildman–Crippen MR) is 60.4 cm³/mol. The molecule has 1 unspecified atom stereocenters. The molecule has 0 aliphatic heterocycles. The van der Waals surface area contributed by atoms with Gasteiger partial charge in [-0.2, -0.15) is 0 Å². The van der Waals surface area contributed by atoms with Crippen molar-refractivity contribution in [3.8, 4) is 0 Å². The van der Waals surface area contributed by atoms with Crippen molar-refractivity contribution in [3.63, 3.8) is 0 Å². The first-order valence-electron chi connectivity index (χ1n) is 5.12. The third-order valence-electron chi connectivity index (χ3n) is 2.52. The Morgan fingerprint density at radius 1 is 1.60 bits per heavy atom. The number of aromatic nitrogens is 1. The maximum Gasteiger partial charge on any atom is 0.166 e. The van der Waals surface area contributed by atoms with Crippen LogP contribution in [0.15, 0.2) is 18.3 Å². The number of carbonyl (C=O) groups excluding carboxylic acids is 1. The average Bonchev–Trinajstić information content (AvgIpc) is 2.26. The molecule has 4 nitrogen and oxygen atoms in total. The topological polar surface area (TPSA) is 82.0 Å². The van der Waals surface area contributed by atoms with Crippen molar-refractivity contribution in [1.29, 1.82) is 0 Å². The molecule has 0 radical (unpaired) electrons. The van der Waals surface area contributed by atoms with E-state index in [0.29, 0.717) is 24.3 Å². The van der Waals surface area contributed by atoms with Crippen molar-refractivity contribution >= 4 is 11.6 Å². The molecular weight excluding hydrogens is 190 g/mol. The summed E-state index contributed by atoms with van der Waals surface area (Å²) in [5, 5.41) is 0. The molecule has 1 rings (SSSR count). The molecule has 4 N–H and O–H groups in total. The molecule has 1 atom stereocenters. The van der Waals surface area contributed by atoms with Crippen LogP contribution in [0.2, 0.25) is 0 Å². The van der Waals surface area contributed by atoms with Gasteiger partial charge in [-0.1, -0.05) is 13.3 Å². The van der Waals surface area contributed by atoms with Crippen LogP contribution in [0.1, 0.15) is 30.1 Å². The number of rotatable bonds is 5. The summed E-state index contributed by atoms with van der Waals surface area (Å²) in [5.41, 5.74) is 11.7. The van der Waals surface area contributed by atoms with Crippen LogP contribution in [-0.2, 0) is 0 Å². The molecular formula is C11H17N3O. The van der Waals surface area contributed by atoms with Gasteiger partial charge in [-0.3, -0.25) is 4.79 Å². The lowest BCUT2D eigenvalue weighted by molar-refractivity contribution is 0.0962. The molecule has 0 amide bonds. The lowest BCUT2D eigenvalue weighted by Gasteiger charge is -2.11. The molecule has 0 aliphatic rings. The number of carbonyl (C=O) groups is 1. The summed E-state index contributed by atoms with van der Waals surface area (Å²) < 4.78 is 0. The van der Waals surface area contributed by atoms with Crippen LogP contribution in [0, 0.1) is 5.92 Å². The first kappa shape index (κ1) is 11.7. The van der Waals surface area contributed by atoms with Gasteiger partial charge < -0.3 is 11.5 Å². The molecule has 4 heteroatoms. The SMILES string of the molecule is CCC(CN)CC(=O)c1cccnc1N. The van der Waals surface area contributed by atoms with Crippen molar-refractivity contribution in [2.45, 2.75) is 19.8 Å². The first-order chi connectivity index (χ1) is 7.19. The molecule has 1 heterocycles. The highest BCUT2D eigenvalue weighted by molar-refractivity contribution is 6.00. The minimum Gasteiger partial charge on any atom is -0.383 e. The third-order valence-corrected chi connectivity index (χ3v) is 2.52. The molecule has 15 heavy (non-hydrogen) atoms. The molecule has 0 aromatic carbocycles. The Bertz CT molecular complexity index is 334. The number of nitrogens with zero attached hydrogens (tertiary/aromatic N) is 1. The molecule has 0 saturated carbocycles. The van der Waals surface area contributed by atoms with Crippen LogP contribution in [0.4, 0.5) is 5.82 Å². The monoisotopic (exact) mass is 207 g/mol. The van der Waals surface area contributed by atoms with Gasteiger partial charge in [0.15, 0.2) is 5.78 Å². The van der Waals surface area contributed by atoms with Crippen LogP contribution in [0.3, 0.4) is 0 Å². The first-order valence-corrected chi connectivity index (χ1v) is 5.12. The van der Waals surface area contributed by atoms with E-state index in [1.54, 1.807) is 18.3 Å². The Labute approximate surface area is 89.7 Å². The quantitative estimate of drug-likeness (QED) is 0.711. The van der Waals surface area contributed by atoms with Gasteiger partial charge in [0.05, 0.1) is 5.56 Å². The van der Waals surface area contributed by atoms with E-state index in [4.69, 9.17) is 11.5 Å². The van der Waals surface area contributed by atoms with E-state index in [9.17, 15) is 4.79 Å². The molecule has 0 aliphatic carbocycles. The summed E-state index contributed by atoms with van der Waals surface area (Å²) >= 11 is 0. The Morgan fingerprint density at radius 3 is 2.87 bits per heavy atom. The average molecular weight is 207 g/mol. The number of hydrogen-bond acceptors (Lipinski definition) is 4. The van der Waals surface area contributed by atoms with Crippen molar-refractivity contribution in [1.82, 2.24) is 4.98 Å². The zero-order chi connectivity index (χ0) is 11.3. The number of pyridine rings is 1. The van der Waals surface area contributed by atoms with Gasteiger partial charge in [-0.05, 0) is 24.6 Å². The summed E-state index contributed by atoms with van der Waals surface area (Å²) in [4.78, 5) is 15.7. The lowest BCUT2D eigenvalue weighted by Crippen LogP contribution is -2.18. The highest BCUT2D eigenvalue weighted by atomic mass is 16.1. The summed E-state index contributed by atoms with van der Waals surface area (Å²) in [6.07, 6.45) is 2.93. The van der Waals surface area contributed by atoms with Gasteiger partial charge in [-0.25, -0.2) is 4.98 Å². The minimum atomic E-state index is 0.0258. The van der Waals surface area contributed by atoms with E-state index in [2.05, 4.69) is 4.98 Å². The third kappa shape index (κ3) is 3.02. The highest BCUT2D eigenvalue weighted by Crippen LogP contribution is 2.15. The smallest absolute Gasteiger partial charge is 0.166 e. The Morgan fingerprint density at radius 2 is 2.33 bits per heavy atom. The van der Waals surface area contributed by atoms with Gasteiger partial charge in [0.25, 0.3) is 0 Å². The van der Waals surface area contributed by atoms with E-state index in [1.807, 2.05) is 6.92 Å². The standard InChI is InChI=1S/C11H17N3O/c1-2-8(7-12)6-10(15)9-4-3-5-14-11(9)13/h3-5,8H,2,6-7,12H2,1H3,(H2,13,14). The maximum absolute atomic E-state index is 11.8. The summed E-state index contributed by atoms with van der Waals surface area (Å²) in [6.45, 7) is 2.56. The van der Waals surface area contributed by atoms with E-state index in [0.717, 1.165) is 6.42 Å². The molecule has 82 valence electrons. The van der Waals surface area contributed by atoms with E-state index < -0.39 is 0 Å². The largest absolute Gasteiger partial charge is 0.383 e. The zero-order valence-electron chi connectivity index (χ0n) is 8.94. The fraction of sp³-hybridized carbons (Fsp3) is 0.455. The van der Waals surface area contributed by atoms with Gasteiger partial charge in [0, 0.05) is 12.6 Å². The van der Waals surface area contributed by atoms with Crippen LogP contribution in [0.25, 0.3) is 0 Å². The van der Waals surface area contributed by atoms with Gasteiger partial charge in [0.1, 0.15) is 5.82 Å². The van der Waals surface area contributed by atoms with Gasteiger partial charge in [0.2, 0.25) is 0 Å². The van der Waals surface area contributed by atoms with Crippen LogP contribution in [0.5, 0.6) is 0 Å². The van der Waals surface area contributed by atoms with Crippen molar-refractivity contribution in [3.05, 3.63) is 23.9 Å². The Kier molecular flexibility index (Phi) is 4.24. The molecule has 0 fully saturated rings. The maximum atomic E-state index is 11.8. The van der Waals surface area contributed by atoms with Gasteiger partial charge >= 0.3 is 0 Å². The van der Waals surface area contributed by atoms with E-state index in [-0.39, 0.29) is 11.7 Å². The fourth-order valence-electron chi connectivity index (χ4n) is 1.42. The second-order valence-corrected chi connectivity index (χ2v) is 3.57. The van der Waals surface area contributed by atoms with Crippen molar-refractivity contribution in [2.24, 2.45) is 11.7 Å². The molecule has 0 bridgehead atoms. The number of nitrogens with two attached hydrogens (primary N) is 2. The summed E-state index contributed by atoms with van der Waals surface area (Å²) in [6, 6.07) is 3.42. The van der Waals surface area contributed by atoms with E-state index in [1.165, 1.54) is 0 Å². The predicted octanol–water partition coefficient (Wildman–Crippen LogP) is 1.22. The summed E-state index contributed by atoms with van der Waals surface area (Å²) in [7, 11) is 0. The molecule has 0 saturated heterocycles. The molecule has 1 aromatic rings. The van der Waals surface area contributed by atoms with Crippen LogP contribution < -0.4 is 11.5 Å². The molecule has 0 spiro atoms. The number of hydrogen-bond donors (Lipinski definition) is 2. The van der Waals surface area contributed by atoms with Crippen LogP contribution >= 0.6 is 0 Å². The second-order valence-electron chi connectivity index (χ2n) is 3.57. The van der Waals surface area contributed by atoms with Crippen LogP contribution in [-0.4, -0.2) is 17.3 Å². The zero-order valence-corrected chi connectivity index (χ0v) is 8.94. The van der Waals surface area contributed by atoms with Gasteiger partial charge in [-0.15, -0.1) is 0 Å². The minimum absolute atomic E-state index is 0.0258. The second kappa shape index (κ2) is 5.46. The highest BCUT2D eigenvalue weighted by Gasteiger charge is 2.14. The summed E-state index contributed by atoms with van der Waals surface area (Å²) in [5.74, 6) is 0.560. The van der Waals surface area contributed by atoms with Crippen molar-refractivity contribution in [2.75, 3.05) is 12.3 Å². The number of ketones is 1. The Hall–Kier alpha value is -1.42. The van der Waals surface area contributed by atoms with E-state index >= 15 is 0 Å². The number of nitrogen functional groups attached to an aromatic ring is 1. The fourth-order valence-corrected chi connectivity index (χ4v) is 1.42. The normalized spacial score (nSPS) is 12.4. The number of anilines is 1. The lowest BCUT2D eigenvalue weighted by atomic mass is 9.96. The number of Topliss-reactive ketones (excluding diaryl/α,β-unsaturated/α-hetero) is 1. The van der Waals surface area contributed by atoms with Crippen molar-refractivity contribution < 1.29 is 4.79 Å². The molecule has 1 aromatic heterocycles. The Balaban J connectivity index is 2.73.